The van der Waals surface area contributed by atoms with Gasteiger partial charge >= 0.3 is 0 Å². The van der Waals surface area contributed by atoms with Crippen molar-refractivity contribution in [1.29, 1.82) is 0 Å². The summed E-state index contributed by atoms with van der Waals surface area (Å²) in [6.45, 7) is 1.73. The van der Waals surface area contributed by atoms with Gasteiger partial charge in [-0.2, -0.15) is 5.10 Å². The zero-order chi connectivity index (χ0) is 18.9. The van der Waals surface area contributed by atoms with E-state index >= 15 is 0 Å². The Hall–Kier alpha value is -3.60. The van der Waals surface area contributed by atoms with E-state index in [-0.39, 0.29) is 12.5 Å². The highest BCUT2D eigenvalue weighted by Gasteiger charge is 2.04. The number of nitrogens with one attached hydrogen (secondary N) is 1. The highest BCUT2D eigenvalue weighted by Crippen LogP contribution is 2.21. The quantitative estimate of drug-likeness (QED) is 0.502. The lowest BCUT2D eigenvalue weighted by Crippen LogP contribution is -2.25. The molecule has 0 aromatic heterocycles. The maximum Gasteiger partial charge on any atom is 0.277 e. The van der Waals surface area contributed by atoms with Gasteiger partial charge in [0.05, 0.1) is 5.71 Å². The fourth-order valence-electron chi connectivity index (χ4n) is 2.30. The van der Waals surface area contributed by atoms with E-state index in [1.807, 2.05) is 79.7 Å². The van der Waals surface area contributed by atoms with Crippen LogP contribution in [0.25, 0.3) is 0 Å². The summed E-state index contributed by atoms with van der Waals surface area (Å²) in [5.41, 5.74) is 4.08. The van der Waals surface area contributed by atoms with Gasteiger partial charge in [0.25, 0.3) is 5.91 Å². The Balaban J connectivity index is 1.52. The van der Waals surface area contributed by atoms with Gasteiger partial charge in [-0.1, -0.05) is 36.4 Å². The first kappa shape index (κ1) is 18.2. The summed E-state index contributed by atoms with van der Waals surface area (Å²) >= 11 is 0. The SMILES string of the molecule is C/C(=N\NC(=O)COc1ccccc1)c1ccc(Oc2ccccc2)cc1. The van der Waals surface area contributed by atoms with Crippen LogP contribution < -0.4 is 14.9 Å². The first-order valence-corrected chi connectivity index (χ1v) is 8.55. The van der Waals surface area contributed by atoms with Gasteiger partial charge in [-0.3, -0.25) is 4.79 Å². The van der Waals surface area contributed by atoms with Crippen LogP contribution in [0.2, 0.25) is 0 Å². The number of hydrazone groups is 1. The fourth-order valence-corrected chi connectivity index (χ4v) is 2.30. The predicted octanol–water partition coefficient (Wildman–Crippen LogP) is 4.40. The predicted molar refractivity (Wildman–Crippen MR) is 105 cm³/mol. The van der Waals surface area contributed by atoms with E-state index in [9.17, 15) is 4.79 Å². The minimum atomic E-state index is -0.317. The lowest BCUT2D eigenvalue weighted by Gasteiger charge is -2.07. The van der Waals surface area contributed by atoms with Crippen molar-refractivity contribution in [3.8, 4) is 17.2 Å². The summed E-state index contributed by atoms with van der Waals surface area (Å²) in [6.07, 6.45) is 0. The molecule has 0 radical (unpaired) electrons. The van der Waals surface area contributed by atoms with E-state index in [1.165, 1.54) is 0 Å². The van der Waals surface area contributed by atoms with Crippen molar-refractivity contribution in [3.63, 3.8) is 0 Å². The first-order chi connectivity index (χ1) is 13.2. The average molecular weight is 360 g/mol. The standard InChI is InChI=1S/C22H20N2O3/c1-17(23-24-22(25)16-26-19-8-4-2-5-9-19)18-12-14-21(15-13-18)27-20-10-6-3-7-11-20/h2-15H,16H2,1H3,(H,24,25)/b23-17+. The summed E-state index contributed by atoms with van der Waals surface area (Å²) in [4.78, 5) is 11.8. The van der Waals surface area contributed by atoms with Gasteiger partial charge in [0, 0.05) is 0 Å². The number of carbonyl (C=O) groups is 1. The van der Waals surface area contributed by atoms with Gasteiger partial charge < -0.3 is 9.47 Å². The van der Waals surface area contributed by atoms with Crippen molar-refractivity contribution in [2.75, 3.05) is 6.61 Å². The lowest BCUT2D eigenvalue weighted by atomic mass is 10.1. The highest BCUT2D eigenvalue weighted by atomic mass is 16.5. The summed E-state index contributed by atoms with van der Waals surface area (Å²) < 4.78 is 11.1. The number of benzene rings is 3. The Bertz CT molecular complexity index is 892. The number of carbonyl (C=O) groups excluding carboxylic acids is 1. The Kier molecular flexibility index (Phi) is 6.20. The van der Waals surface area contributed by atoms with Crippen LogP contribution in [0, 0.1) is 0 Å². The molecule has 0 saturated carbocycles. The molecule has 0 aliphatic carbocycles. The number of amides is 1. The number of ether oxygens (including phenoxy) is 2. The van der Waals surface area contributed by atoms with Gasteiger partial charge in [0.15, 0.2) is 6.61 Å². The van der Waals surface area contributed by atoms with Gasteiger partial charge in [0.1, 0.15) is 17.2 Å². The molecule has 3 rings (SSSR count). The summed E-state index contributed by atoms with van der Waals surface area (Å²) in [5.74, 6) is 1.84. The first-order valence-electron chi connectivity index (χ1n) is 8.55. The second kappa shape index (κ2) is 9.20. The van der Waals surface area contributed by atoms with E-state index in [0.29, 0.717) is 11.5 Å². The Labute approximate surface area is 158 Å². The second-order valence-electron chi connectivity index (χ2n) is 5.77. The molecular weight excluding hydrogens is 340 g/mol. The van der Waals surface area contributed by atoms with Crippen molar-refractivity contribution in [2.24, 2.45) is 5.10 Å². The molecular formula is C22H20N2O3. The zero-order valence-electron chi connectivity index (χ0n) is 15.0. The van der Waals surface area contributed by atoms with E-state index in [4.69, 9.17) is 9.47 Å². The Morgan fingerprint density at radius 2 is 1.37 bits per heavy atom. The normalized spacial score (nSPS) is 10.9. The van der Waals surface area contributed by atoms with Crippen LogP contribution in [0.15, 0.2) is 90.0 Å². The molecule has 0 fully saturated rings. The number of hydrogen-bond acceptors (Lipinski definition) is 4. The van der Waals surface area contributed by atoms with Crippen molar-refractivity contribution < 1.29 is 14.3 Å². The zero-order valence-corrected chi connectivity index (χ0v) is 15.0. The van der Waals surface area contributed by atoms with Crippen LogP contribution in [-0.2, 0) is 4.79 Å². The van der Waals surface area contributed by atoms with Crippen LogP contribution >= 0.6 is 0 Å². The van der Waals surface area contributed by atoms with E-state index in [2.05, 4.69) is 10.5 Å². The largest absolute Gasteiger partial charge is 0.484 e. The monoisotopic (exact) mass is 360 g/mol. The topological polar surface area (TPSA) is 59.9 Å². The smallest absolute Gasteiger partial charge is 0.277 e. The molecule has 5 nitrogen and oxygen atoms in total. The molecule has 0 heterocycles. The van der Waals surface area contributed by atoms with Crippen molar-refractivity contribution in [3.05, 3.63) is 90.5 Å². The molecule has 3 aromatic carbocycles. The number of rotatable bonds is 7. The molecule has 0 unspecified atom stereocenters. The molecule has 0 aliphatic heterocycles. The van der Waals surface area contributed by atoms with Crippen LogP contribution in [-0.4, -0.2) is 18.2 Å². The molecule has 136 valence electrons. The van der Waals surface area contributed by atoms with Crippen molar-refractivity contribution >= 4 is 11.6 Å². The molecule has 3 aromatic rings. The third-order valence-electron chi connectivity index (χ3n) is 3.71. The van der Waals surface area contributed by atoms with Crippen molar-refractivity contribution in [2.45, 2.75) is 6.92 Å². The van der Waals surface area contributed by atoms with Gasteiger partial charge in [-0.05, 0) is 61.0 Å². The van der Waals surface area contributed by atoms with Crippen LogP contribution in [0.3, 0.4) is 0 Å². The highest BCUT2D eigenvalue weighted by molar-refractivity contribution is 5.99. The van der Waals surface area contributed by atoms with E-state index in [0.717, 1.165) is 17.1 Å². The lowest BCUT2D eigenvalue weighted by molar-refractivity contribution is -0.123. The molecule has 0 saturated heterocycles. The second-order valence-corrected chi connectivity index (χ2v) is 5.77. The van der Waals surface area contributed by atoms with E-state index in [1.54, 1.807) is 12.1 Å². The molecule has 0 bridgehead atoms. The molecule has 27 heavy (non-hydrogen) atoms. The number of hydrogen-bond donors (Lipinski definition) is 1. The van der Waals surface area contributed by atoms with Crippen LogP contribution in [0.4, 0.5) is 0 Å². The van der Waals surface area contributed by atoms with Gasteiger partial charge in [0.2, 0.25) is 0 Å². The van der Waals surface area contributed by atoms with Crippen LogP contribution in [0.1, 0.15) is 12.5 Å². The van der Waals surface area contributed by atoms with E-state index < -0.39 is 0 Å². The maximum atomic E-state index is 11.8. The van der Waals surface area contributed by atoms with Crippen LogP contribution in [0.5, 0.6) is 17.2 Å². The third kappa shape index (κ3) is 5.71. The molecule has 1 amide bonds. The molecule has 0 aliphatic rings. The third-order valence-corrected chi connectivity index (χ3v) is 3.71. The summed E-state index contributed by atoms with van der Waals surface area (Å²) in [6, 6.07) is 26.3. The van der Waals surface area contributed by atoms with Gasteiger partial charge in [-0.15, -0.1) is 0 Å². The number of nitrogens with zero attached hydrogens (tertiary/aromatic N) is 1. The van der Waals surface area contributed by atoms with Crippen molar-refractivity contribution in [1.82, 2.24) is 5.43 Å². The minimum absolute atomic E-state index is 0.0926. The average Bonchev–Trinajstić information content (AvgIpc) is 2.72. The molecule has 0 spiro atoms. The number of para-hydroxylation sites is 2. The fraction of sp³-hybridized carbons (Fsp3) is 0.0909. The van der Waals surface area contributed by atoms with Gasteiger partial charge in [-0.25, -0.2) is 5.43 Å². The molecule has 5 heteroatoms. The maximum absolute atomic E-state index is 11.8. The summed E-state index contributed by atoms with van der Waals surface area (Å²) in [5, 5.41) is 4.12. The molecule has 0 atom stereocenters. The Morgan fingerprint density at radius 3 is 2.00 bits per heavy atom. The molecule has 1 N–H and O–H groups in total. The minimum Gasteiger partial charge on any atom is -0.484 e. The summed E-state index contributed by atoms with van der Waals surface area (Å²) in [7, 11) is 0. The Morgan fingerprint density at radius 1 is 0.815 bits per heavy atom.